The molecule has 0 aromatic carbocycles. The van der Waals surface area contributed by atoms with Crippen LogP contribution in [0.1, 0.15) is 0 Å². The van der Waals surface area contributed by atoms with E-state index in [1.165, 1.54) is 0 Å². The fourth-order valence-electron chi connectivity index (χ4n) is 0.248. The van der Waals surface area contributed by atoms with Gasteiger partial charge in [-0.05, 0) is 10.4 Å². The van der Waals surface area contributed by atoms with Gasteiger partial charge in [0.25, 0.3) is 5.95 Å². The van der Waals surface area contributed by atoms with Gasteiger partial charge in [-0.2, -0.15) is 0 Å². The van der Waals surface area contributed by atoms with Crippen molar-refractivity contribution in [2.75, 3.05) is 5.73 Å². The number of nitrogens with two attached hydrogens (primary N) is 1. The van der Waals surface area contributed by atoms with Crippen molar-refractivity contribution in [3.8, 4) is 0 Å². The molecule has 0 unspecified atom stereocenters. The molecule has 0 bridgehead atoms. The van der Waals surface area contributed by atoms with Crippen molar-refractivity contribution < 1.29 is 0 Å². The monoisotopic (exact) mass is 114 g/mol. The Morgan fingerprint density at radius 3 is 2.75 bits per heavy atom. The summed E-state index contributed by atoms with van der Waals surface area (Å²) in [5.41, 5.74) is 4.98. The third-order valence-corrected chi connectivity index (χ3v) is 0.554. The van der Waals surface area contributed by atoms with Crippen LogP contribution in [-0.2, 0) is 0 Å². The molecule has 42 valence electrons. The smallest absolute Gasteiger partial charge is 0.266 e. The zero-order valence-electron chi connectivity index (χ0n) is 3.72. The van der Waals surface area contributed by atoms with Gasteiger partial charge in [-0.3, -0.25) is 0 Å². The van der Waals surface area contributed by atoms with E-state index in [2.05, 4.69) is 20.8 Å². The van der Waals surface area contributed by atoms with Gasteiger partial charge in [0.05, 0.1) is 5.29 Å². The molecule has 0 aliphatic carbocycles. The van der Waals surface area contributed by atoms with Crippen LogP contribution in [0.4, 0.5) is 5.95 Å². The van der Waals surface area contributed by atoms with Gasteiger partial charge in [0.15, 0.2) is 0 Å². The largest absolute Gasteiger partial charge is 0.365 e. The van der Waals surface area contributed by atoms with E-state index in [1.54, 1.807) is 0 Å². The second kappa shape index (κ2) is 1.52. The number of nitrogens with zero attached hydrogens (tertiary/aromatic N) is 5. The van der Waals surface area contributed by atoms with Gasteiger partial charge in [0, 0.05) is 0 Å². The van der Waals surface area contributed by atoms with Crippen molar-refractivity contribution in [3.63, 3.8) is 0 Å². The summed E-state index contributed by atoms with van der Waals surface area (Å²) in [6.07, 6.45) is 0. The van der Waals surface area contributed by atoms with E-state index in [-0.39, 0.29) is 5.95 Å². The second-order valence-electron chi connectivity index (χ2n) is 1.01. The third kappa shape index (κ3) is 0.491. The Morgan fingerprint density at radius 2 is 2.50 bits per heavy atom. The van der Waals surface area contributed by atoms with E-state index >= 15 is 0 Å². The molecule has 0 radical (unpaired) electrons. The Morgan fingerprint density at radius 1 is 1.75 bits per heavy atom. The first-order chi connectivity index (χ1) is 3.84. The topological polar surface area (TPSA) is 99.1 Å². The number of anilines is 1. The highest BCUT2D eigenvalue weighted by molar-refractivity contribution is 5.08. The molecule has 1 aromatic rings. The lowest BCUT2D eigenvalue weighted by Crippen LogP contribution is -1.96. The minimum Gasteiger partial charge on any atom is -0.365 e. The van der Waals surface area contributed by atoms with Gasteiger partial charge in [0.1, 0.15) is 0 Å². The van der Waals surface area contributed by atoms with Crippen molar-refractivity contribution in [3.05, 3.63) is 4.91 Å². The summed E-state index contributed by atoms with van der Waals surface area (Å²) in [6.45, 7) is 0. The number of aromatic nitrogens is 4. The van der Waals surface area contributed by atoms with Crippen LogP contribution in [-0.4, -0.2) is 20.3 Å². The fourth-order valence-corrected chi connectivity index (χ4v) is 0.248. The molecular formula is CH2N6O. The Hall–Kier alpha value is -1.53. The molecule has 2 N–H and O–H groups in total. The summed E-state index contributed by atoms with van der Waals surface area (Å²) in [5, 5.41) is 11.6. The zero-order chi connectivity index (χ0) is 5.98. The summed E-state index contributed by atoms with van der Waals surface area (Å²) in [5.74, 6) is -0.111. The number of nitroso groups, excluding NO2 is 1. The normalized spacial score (nSPS) is 9.00. The molecule has 7 heteroatoms. The minimum absolute atomic E-state index is 0.111. The van der Waals surface area contributed by atoms with E-state index in [0.29, 0.717) is 4.79 Å². The van der Waals surface area contributed by atoms with Gasteiger partial charge in [-0.1, -0.05) is 9.89 Å². The Bertz CT molecular complexity index is 190. The lowest BCUT2D eigenvalue weighted by molar-refractivity contribution is 0.690. The quantitative estimate of drug-likeness (QED) is 0.461. The zero-order valence-corrected chi connectivity index (χ0v) is 3.72. The van der Waals surface area contributed by atoms with Crippen molar-refractivity contribution >= 4 is 5.95 Å². The van der Waals surface area contributed by atoms with Crippen LogP contribution in [0.2, 0.25) is 0 Å². The average molecular weight is 114 g/mol. The van der Waals surface area contributed by atoms with Gasteiger partial charge in [0.2, 0.25) is 0 Å². The molecule has 1 rings (SSSR count). The van der Waals surface area contributed by atoms with Crippen LogP contribution in [0.3, 0.4) is 0 Å². The highest BCUT2D eigenvalue weighted by Crippen LogP contribution is 1.87. The summed E-state index contributed by atoms with van der Waals surface area (Å²) in [6, 6.07) is 0. The van der Waals surface area contributed by atoms with E-state index in [0.717, 1.165) is 0 Å². The standard InChI is InChI=1S/CH2N6O/c2-1-3-4-5-7(1)6-8/h(H2,2,3,5). The number of hydrogen-bond donors (Lipinski definition) is 1. The summed E-state index contributed by atoms with van der Waals surface area (Å²) in [4.78, 5) is 10.2. The third-order valence-electron chi connectivity index (χ3n) is 0.554. The second-order valence-corrected chi connectivity index (χ2v) is 1.01. The van der Waals surface area contributed by atoms with Crippen LogP contribution in [0.25, 0.3) is 0 Å². The number of rotatable bonds is 1. The summed E-state index contributed by atoms with van der Waals surface area (Å²) >= 11 is 0. The van der Waals surface area contributed by atoms with Crippen LogP contribution < -0.4 is 5.73 Å². The maximum Gasteiger partial charge on any atom is 0.266 e. The molecule has 0 aliphatic rings. The molecular weight excluding hydrogens is 112 g/mol. The summed E-state index contributed by atoms with van der Waals surface area (Å²) in [7, 11) is 0. The lowest BCUT2D eigenvalue weighted by atomic mass is 11.1. The van der Waals surface area contributed by atoms with E-state index in [4.69, 9.17) is 5.73 Å². The predicted octanol–water partition coefficient (Wildman–Crippen LogP) is -1.22. The first-order valence-corrected chi connectivity index (χ1v) is 1.72. The maximum atomic E-state index is 9.58. The Labute approximate surface area is 43.4 Å². The molecule has 1 heterocycles. The predicted molar refractivity (Wildman–Crippen MR) is 23.4 cm³/mol. The molecule has 0 aliphatic heterocycles. The molecule has 0 atom stereocenters. The van der Waals surface area contributed by atoms with E-state index in [1.807, 2.05) is 0 Å². The number of hydrogen-bond acceptors (Lipinski definition) is 6. The molecule has 0 saturated carbocycles. The van der Waals surface area contributed by atoms with Crippen LogP contribution in [0, 0.1) is 4.91 Å². The van der Waals surface area contributed by atoms with Crippen molar-refractivity contribution in [1.82, 2.24) is 20.3 Å². The SMILES string of the molecule is Nc1nnnn1N=O. The van der Waals surface area contributed by atoms with Crippen molar-refractivity contribution in [1.29, 1.82) is 0 Å². The van der Waals surface area contributed by atoms with Gasteiger partial charge >= 0.3 is 0 Å². The number of nitrogen functional groups attached to an aromatic ring is 1. The highest BCUT2D eigenvalue weighted by atomic mass is 16.3. The highest BCUT2D eigenvalue weighted by Gasteiger charge is 1.95. The maximum absolute atomic E-state index is 9.58. The van der Waals surface area contributed by atoms with Crippen LogP contribution >= 0.6 is 0 Å². The van der Waals surface area contributed by atoms with Crippen molar-refractivity contribution in [2.45, 2.75) is 0 Å². The molecule has 0 fully saturated rings. The molecule has 0 amide bonds. The molecule has 8 heavy (non-hydrogen) atoms. The van der Waals surface area contributed by atoms with Crippen LogP contribution in [0.15, 0.2) is 5.29 Å². The van der Waals surface area contributed by atoms with Gasteiger partial charge < -0.3 is 5.73 Å². The molecule has 7 nitrogen and oxygen atoms in total. The Kier molecular flexibility index (Phi) is 0.881. The van der Waals surface area contributed by atoms with Crippen LogP contribution in [0.5, 0.6) is 0 Å². The van der Waals surface area contributed by atoms with Gasteiger partial charge in [-0.25, -0.2) is 0 Å². The lowest BCUT2D eigenvalue weighted by Gasteiger charge is -1.78. The van der Waals surface area contributed by atoms with Gasteiger partial charge in [-0.15, -0.1) is 4.91 Å². The fraction of sp³-hybridized carbons (Fsp3) is 0. The molecule has 0 spiro atoms. The van der Waals surface area contributed by atoms with E-state index in [9.17, 15) is 4.91 Å². The first kappa shape index (κ1) is 4.62. The molecule has 1 aromatic heterocycles. The Balaban J connectivity index is 3.09. The number of tetrazole rings is 1. The summed E-state index contributed by atoms with van der Waals surface area (Å²) < 4.78 is 0. The first-order valence-electron chi connectivity index (χ1n) is 1.72. The van der Waals surface area contributed by atoms with E-state index < -0.39 is 0 Å². The molecule has 0 saturated heterocycles. The minimum atomic E-state index is -0.111. The van der Waals surface area contributed by atoms with Crippen molar-refractivity contribution in [2.24, 2.45) is 5.29 Å². The average Bonchev–Trinajstić information content (AvgIpc) is 2.14.